The molecular formula is C15H10F3NO4S. The fraction of sp³-hybridized carbons (Fsp3) is 0.133. The summed E-state index contributed by atoms with van der Waals surface area (Å²) in [6, 6.07) is 8.74. The molecule has 9 heteroatoms. The van der Waals surface area contributed by atoms with E-state index in [1.165, 1.54) is 25.3 Å². The van der Waals surface area contributed by atoms with Crippen molar-refractivity contribution in [3.8, 4) is 17.6 Å². The van der Waals surface area contributed by atoms with Gasteiger partial charge in [-0.15, -0.1) is 0 Å². The summed E-state index contributed by atoms with van der Waals surface area (Å²) >= 11 is 0. The Morgan fingerprint density at radius 1 is 1.08 bits per heavy atom. The maximum absolute atomic E-state index is 12.7. The third kappa shape index (κ3) is 3.78. The number of nitriles is 1. The predicted octanol–water partition coefficient (Wildman–Crippen LogP) is 3.35. The van der Waals surface area contributed by atoms with Gasteiger partial charge in [-0.3, -0.25) is 0 Å². The molecule has 0 heterocycles. The summed E-state index contributed by atoms with van der Waals surface area (Å²) in [6.07, 6.45) is -4.68. The van der Waals surface area contributed by atoms with Gasteiger partial charge in [0.25, 0.3) is 0 Å². The number of methoxy groups -OCH3 is 1. The molecule has 0 amide bonds. The Hall–Kier alpha value is -2.73. The maximum Gasteiger partial charge on any atom is 0.416 e. The van der Waals surface area contributed by atoms with Gasteiger partial charge in [0.1, 0.15) is 4.90 Å². The number of alkyl halides is 3. The van der Waals surface area contributed by atoms with Crippen molar-refractivity contribution >= 4 is 10.1 Å². The third-order valence-corrected chi connectivity index (χ3v) is 4.17. The average Bonchev–Trinajstić information content (AvgIpc) is 2.54. The molecule has 0 spiro atoms. The molecule has 24 heavy (non-hydrogen) atoms. The standard InChI is InChI=1S/C15H10F3NO4S/c1-22-14-7-10(9-19)5-6-13(14)23-24(20,21)12-4-2-3-11(8-12)15(16,17)18/h2-8H,1H3. The van der Waals surface area contributed by atoms with Gasteiger partial charge in [0.2, 0.25) is 0 Å². The third-order valence-electron chi connectivity index (χ3n) is 2.94. The van der Waals surface area contributed by atoms with Crippen LogP contribution in [-0.2, 0) is 16.3 Å². The Kier molecular flexibility index (Phi) is 4.71. The van der Waals surface area contributed by atoms with E-state index in [1.807, 2.05) is 6.07 Å². The highest BCUT2D eigenvalue weighted by molar-refractivity contribution is 7.87. The number of benzene rings is 2. The molecule has 5 nitrogen and oxygen atoms in total. The van der Waals surface area contributed by atoms with Crippen LogP contribution >= 0.6 is 0 Å². The van der Waals surface area contributed by atoms with Gasteiger partial charge in [-0.2, -0.15) is 26.9 Å². The molecule has 0 unspecified atom stereocenters. The first-order valence-corrected chi connectivity index (χ1v) is 7.78. The van der Waals surface area contributed by atoms with Crippen LogP contribution in [0.1, 0.15) is 11.1 Å². The van der Waals surface area contributed by atoms with Gasteiger partial charge in [0, 0.05) is 6.07 Å². The van der Waals surface area contributed by atoms with Gasteiger partial charge < -0.3 is 8.92 Å². The minimum atomic E-state index is -4.68. The average molecular weight is 357 g/mol. The molecular weight excluding hydrogens is 347 g/mol. The number of halogens is 3. The summed E-state index contributed by atoms with van der Waals surface area (Å²) in [4.78, 5) is -0.649. The van der Waals surface area contributed by atoms with Gasteiger partial charge in [-0.1, -0.05) is 6.07 Å². The molecule has 0 fully saturated rings. The largest absolute Gasteiger partial charge is 0.493 e. The van der Waals surface area contributed by atoms with Crippen molar-refractivity contribution in [2.24, 2.45) is 0 Å². The van der Waals surface area contributed by atoms with Crippen molar-refractivity contribution in [1.29, 1.82) is 5.26 Å². The van der Waals surface area contributed by atoms with Crippen molar-refractivity contribution in [1.82, 2.24) is 0 Å². The molecule has 0 radical (unpaired) electrons. The second kappa shape index (κ2) is 6.41. The number of nitrogens with zero attached hydrogens (tertiary/aromatic N) is 1. The van der Waals surface area contributed by atoms with E-state index in [-0.39, 0.29) is 17.1 Å². The number of hydrogen-bond acceptors (Lipinski definition) is 5. The zero-order valence-corrected chi connectivity index (χ0v) is 13.0. The van der Waals surface area contributed by atoms with Crippen LogP contribution in [0.2, 0.25) is 0 Å². The summed E-state index contributed by atoms with van der Waals surface area (Å²) in [7, 11) is -3.27. The molecule has 0 aliphatic rings. The van der Waals surface area contributed by atoms with E-state index in [0.717, 1.165) is 18.2 Å². The molecule has 0 N–H and O–H groups in total. The molecule has 0 saturated heterocycles. The quantitative estimate of drug-likeness (QED) is 0.785. The van der Waals surface area contributed by atoms with Crippen LogP contribution in [0.5, 0.6) is 11.5 Å². The smallest absolute Gasteiger partial charge is 0.416 e. The first kappa shape index (κ1) is 17.6. The van der Waals surface area contributed by atoms with Crippen LogP contribution in [0, 0.1) is 11.3 Å². The maximum atomic E-state index is 12.7. The topological polar surface area (TPSA) is 76.4 Å². The van der Waals surface area contributed by atoms with Crippen molar-refractivity contribution < 1.29 is 30.5 Å². The fourth-order valence-electron chi connectivity index (χ4n) is 1.80. The van der Waals surface area contributed by atoms with Crippen molar-refractivity contribution in [3.63, 3.8) is 0 Å². The SMILES string of the molecule is COc1cc(C#N)ccc1OS(=O)(=O)c1cccc(C(F)(F)F)c1. The lowest BCUT2D eigenvalue weighted by Gasteiger charge is -2.12. The molecule has 0 atom stereocenters. The Bertz CT molecular complexity index is 902. The number of ether oxygens (including phenoxy) is 1. The van der Waals surface area contributed by atoms with E-state index >= 15 is 0 Å². The van der Waals surface area contributed by atoms with Crippen molar-refractivity contribution in [2.45, 2.75) is 11.1 Å². The molecule has 0 bridgehead atoms. The van der Waals surface area contributed by atoms with Crippen LogP contribution in [0.15, 0.2) is 47.4 Å². The Morgan fingerprint density at radius 2 is 1.79 bits per heavy atom. The summed E-state index contributed by atoms with van der Waals surface area (Å²) in [5, 5.41) is 8.79. The van der Waals surface area contributed by atoms with Crippen LogP contribution in [-0.4, -0.2) is 15.5 Å². The predicted molar refractivity (Wildman–Crippen MR) is 77.0 cm³/mol. The van der Waals surface area contributed by atoms with Gasteiger partial charge in [0.05, 0.1) is 24.3 Å². The monoisotopic (exact) mass is 357 g/mol. The Labute approximate surface area is 136 Å². The van der Waals surface area contributed by atoms with E-state index in [0.29, 0.717) is 6.07 Å². The second-order valence-electron chi connectivity index (χ2n) is 4.54. The number of hydrogen-bond donors (Lipinski definition) is 0. The van der Waals surface area contributed by atoms with Crippen LogP contribution in [0.25, 0.3) is 0 Å². The Balaban J connectivity index is 2.41. The minimum absolute atomic E-state index is 0.0374. The minimum Gasteiger partial charge on any atom is -0.493 e. The molecule has 0 aromatic heterocycles. The van der Waals surface area contributed by atoms with E-state index in [1.54, 1.807) is 0 Å². The zero-order valence-electron chi connectivity index (χ0n) is 12.2. The lowest BCUT2D eigenvalue weighted by Crippen LogP contribution is -2.12. The van der Waals surface area contributed by atoms with Gasteiger partial charge in [-0.05, 0) is 30.3 Å². The Morgan fingerprint density at radius 3 is 2.38 bits per heavy atom. The van der Waals surface area contributed by atoms with Gasteiger partial charge >= 0.3 is 16.3 Å². The first-order chi connectivity index (χ1) is 11.2. The van der Waals surface area contributed by atoms with Crippen LogP contribution in [0.4, 0.5) is 13.2 Å². The highest BCUT2D eigenvalue weighted by Gasteiger charge is 2.32. The number of rotatable bonds is 4. The highest BCUT2D eigenvalue weighted by atomic mass is 32.2. The van der Waals surface area contributed by atoms with Gasteiger partial charge in [-0.25, -0.2) is 0 Å². The van der Waals surface area contributed by atoms with E-state index < -0.39 is 26.8 Å². The lowest BCUT2D eigenvalue weighted by molar-refractivity contribution is -0.137. The van der Waals surface area contributed by atoms with E-state index in [2.05, 4.69) is 0 Å². The zero-order chi connectivity index (χ0) is 18.0. The highest BCUT2D eigenvalue weighted by Crippen LogP contribution is 2.33. The van der Waals surface area contributed by atoms with Crippen LogP contribution in [0.3, 0.4) is 0 Å². The molecule has 0 aliphatic heterocycles. The molecule has 126 valence electrons. The first-order valence-electron chi connectivity index (χ1n) is 6.37. The molecule has 2 aromatic carbocycles. The van der Waals surface area contributed by atoms with Crippen molar-refractivity contribution in [2.75, 3.05) is 7.11 Å². The second-order valence-corrected chi connectivity index (χ2v) is 6.09. The molecule has 2 aromatic rings. The summed E-state index contributed by atoms with van der Waals surface area (Å²) in [6.45, 7) is 0. The fourth-order valence-corrected chi connectivity index (χ4v) is 2.79. The van der Waals surface area contributed by atoms with E-state index in [9.17, 15) is 21.6 Å². The molecule has 2 rings (SSSR count). The van der Waals surface area contributed by atoms with Gasteiger partial charge in [0.15, 0.2) is 11.5 Å². The summed E-state index contributed by atoms with van der Waals surface area (Å²) < 4.78 is 72.3. The van der Waals surface area contributed by atoms with Crippen molar-refractivity contribution in [3.05, 3.63) is 53.6 Å². The summed E-state index contributed by atoms with van der Waals surface area (Å²) in [5.74, 6) is -0.279. The molecule has 0 aliphatic carbocycles. The lowest BCUT2D eigenvalue weighted by atomic mass is 10.2. The summed E-state index contributed by atoms with van der Waals surface area (Å²) in [5.41, 5.74) is -0.908. The van der Waals surface area contributed by atoms with Crippen LogP contribution < -0.4 is 8.92 Å². The normalized spacial score (nSPS) is 11.6. The van der Waals surface area contributed by atoms with E-state index in [4.69, 9.17) is 14.2 Å². The molecule has 0 saturated carbocycles.